The summed E-state index contributed by atoms with van der Waals surface area (Å²) < 4.78 is 35.9. The second-order valence-electron chi connectivity index (χ2n) is 3.62. The molecule has 0 fully saturated rings. The standard InChI is InChI=1S/C10H12F3NO2S/c1-5-3-7(17-6(5)2)9(16)14-4-8(15)10(11,12)13/h3,8,15H,4H2,1-2H3,(H,14,16). The fourth-order valence-corrected chi connectivity index (χ4v) is 2.03. The molecule has 1 rings (SSSR count). The molecule has 7 heteroatoms. The summed E-state index contributed by atoms with van der Waals surface area (Å²) in [5, 5.41) is 10.8. The van der Waals surface area contributed by atoms with Crippen molar-refractivity contribution < 1.29 is 23.1 Å². The van der Waals surface area contributed by atoms with Gasteiger partial charge in [0, 0.05) is 4.88 Å². The van der Waals surface area contributed by atoms with Gasteiger partial charge < -0.3 is 10.4 Å². The van der Waals surface area contributed by atoms with Crippen molar-refractivity contribution in [2.45, 2.75) is 26.1 Å². The first kappa shape index (κ1) is 14.0. The number of aliphatic hydroxyl groups excluding tert-OH is 1. The number of hydrogen-bond donors (Lipinski definition) is 2. The Hall–Kier alpha value is -1.08. The highest BCUT2D eigenvalue weighted by Gasteiger charge is 2.38. The molecule has 0 spiro atoms. The Labute approximate surface area is 100 Å². The summed E-state index contributed by atoms with van der Waals surface area (Å²) in [4.78, 5) is 12.7. The summed E-state index contributed by atoms with van der Waals surface area (Å²) in [6, 6.07) is 1.61. The van der Waals surface area contributed by atoms with Crippen molar-refractivity contribution in [1.82, 2.24) is 5.32 Å². The van der Waals surface area contributed by atoms with E-state index in [1.807, 2.05) is 19.2 Å². The number of halogens is 3. The van der Waals surface area contributed by atoms with Crippen molar-refractivity contribution in [2.75, 3.05) is 6.54 Å². The highest BCUT2D eigenvalue weighted by Crippen LogP contribution is 2.21. The number of amides is 1. The Kier molecular flexibility index (Phi) is 4.16. The summed E-state index contributed by atoms with van der Waals surface area (Å²) in [5.74, 6) is -0.602. The summed E-state index contributed by atoms with van der Waals surface area (Å²) in [6.45, 7) is 2.80. The van der Waals surface area contributed by atoms with Gasteiger partial charge in [-0.15, -0.1) is 11.3 Å². The molecular weight excluding hydrogens is 255 g/mol. The number of nitrogens with one attached hydrogen (secondary N) is 1. The lowest BCUT2D eigenvalue weighted by molar-refractivity contribution is -0.201. The van der Waals surface area contributed by atoms with Crippen LogP contribution >= 0.6 is 11.3 Å². The summed E-state index contributed by atoms with van der Waals surface area (Å²) in [6.07, 6.45) is -7.25. The zero-order valence-corrected chi connectivity index (χ0v) is 10.1. The van der Waals surface area contributed by atoms with Gasteiger partial charge in [0.15, 0.2) is 6.10 Å². The van der Waals surface area contributed by atoms with E-state index in [0.717, 1.165) is 10.4 Å². The van der Waals surface area contributed by atoms with E-state index in [9.17, 15) is 18.0 Å². The smallest absolute Gasteiger partial charge is 0.382 e. The van der Waals surface area contributed by atoms with Gasteiger partial charge in [-0.25, -0.2) is 0 Å². The van der Waals surface area contributed by atoms with E-state index in [0.29, 0.717) is 4.88 Å². The molecule has 0 radical (unpaired) electrons. The predicted molar refractivity (Wildman–Crippen MR) is 58.2 cm³/mol. The van der Waals surface area contributed by atoms with Crippen molar-refractivity contribution in [1.29, 1.82) is 0 Å². The van der Waals surface area contributed by atoms with Crippen LogP contribution in [0.25, 0.3) is 0 Å². The van der Waals surface area contributed by atoms with E-state index < -0.39 is 24.7 Å². The lowest BCUT2D eigenvalue weighted by Crippen LogP contribution is -2.40. The molecule has 0 aliphatic heterocycles. The molecule has 1 aromatic heterocycles. The second-order valence-corrected chi connectivity index (χ2v) is 4.87. The van der Waals surface area contributed by atoms with Crippen molar-refractivity contribution in [3.8, 4) is 0 Å². The molecule has 1 heterocycles. The molecule has 0 saturated carbocycles. The molecule has 0 aromatic carbocycles. The minimum atomic E-state index is -4.71. The fourth-order valence-electron chi connectivity index (χ4n) is 1.08. The number of thiophene rings is 1. The first-order valence-electron chi connectivity index (χ1n) is 4.82. The van der Waals surface area contributed by atoms with Crippen LogP contribution in [-0.4, -0.2) is 29.8 Å². The molecule has 3 nitrogen and oxygen atoms in total. The summed E-state index contributed by atoms with van der Waals surface area (Å²) in [5.41, 5.74) is 0.913. The summed E-state index contributed by atoms with van der Waals surface area (Å²) >= 11 is 1.21. The van der Waals surface area contributed by atoms with Crippen LogP contribution in [0.3, 0.4) is 0 Å². The molecule has 0 aliphatic carbocycles. The van der Waals surface area contributed by atoms with Gasteiger partial charge >= 0.3 is 6.18 Å². The van der Waals surface area contributed by atoms with Crippen LogP contribution in [0.5, 0.6) is 0 Å². The Morgan fingerprint density at radius 3 is 2.53 bits per heavy atom. The predicted octanol–water partition coefficient (Wildman–Crippen LogP) is 2.02. The van der Waals surface area contributed by atoms with Crippen LogP contribution in [0.4, 0.5) is 13.2 Å². The quantitative estimate of drug-likeness (QED) is 0.880. The third-order valence-corrected chi connectivity index (χ3v) is 3.37. The average molecular weight is 267 g/mol. The Bertz CT molecular complexity index is 395. The van der Waals surface area contributed by atoms with Gasteiger partial charge in [0.25, 0.3) is 5.91 Å². The molecular formula is C10H12F3NO2S. The maximum Gasteiger partial charge on any atom is 0.416 e. The molecule has 0 aliphatic rings. The molecule has 17 heavy (non-hydrogen) atoms. The number of rotatable bonds is 3. The van der Waals surface area contributed by atoms with Crippen molar-refractivity contribution in [3.63, 3.8) is 0 Å². The van der Waals surface area contributed by atoms with E-state index in [4.69, 9.17) is 5.11 Å². The van der Waals surface area contributed by atoms with Crippen molar-refractivity contribution >= 4 is 17.2 Å². The maximum absolute atomic E-state index is 12.0. The largest absolute Gasteiger partial charge is 0.416 e. The van der Waals surface area contributed by atoms with Crippen LogP contribution in [0, 0.1) is 13.8 Å². The minimum absolute atomic E-state index is 0.342. The van der Waals surface area contributed by atoms with E-state index in [-0.39, 0.29) is 0 Å². The minimum Gasteiger partial charge on any atom is -0.382 e. The van der Waals surface area contributed by atoms with Crippen molar-refractivity contribution in [3.05, 3.63) is 21.4 Å². The van der Waals surface area contributed by atoms with E-state index in [1.54, 1.807) is 6.07 Å². The average Bonchev–Trinajstić information content (AvgIpc) is 2.54. The number of aryl methyl sites for hydroxylation is 2. The van der Waals surface area contributed by atoms with Crippen LogP contribution < -0.4 is 5.32 Å². The monoisotopic (exact) mass is 267 g/mol. The van der Waals surface area contributed by atoms with Gasteiger partial charge in [-0.05, 0) is 25.5 Å². The highest BCUT2D eigenvalue weighted by molar-refractivity contribution is 7.14. The Morgan fingerprint density at radius 1 is 1.53 bits per heavy atom. The lowest BCUT2D eigenvalue weighted by Gasteiger charge is -2.14. The van der Waals surface area contributed by atoms with Gasteiger partial charge in [-0.1, -0.05) is 0 Å². The van der Waals surface area contributed by atoms with Gasteiger partial charge in [0.2, 0.25) is 0 Å². The number of hydrogen-bond acceptors (Lipinski definition) is 3. The summed E-state index contributed by atoms with van der Waals surface area (Å²) in [7, 11) is 0. The normalized spacial score (nSPS) is 13.5. The molecule has 2 N–H and O–H groups in total. The molecule has 1 unspecified atom stereocenters. The molecule has 96 valence electrons. The highest BCUT2D eigenvalue weighted by atomic mass is 32.1. The van der Waals surface area contributed by atoms with Crippen LogP contribution in [0.1, 0.15) is 20.1 Å². The molecule has 1 aromatic rings. The van der Waals surface area contributed by atoms with E-state index in [2.05, 4.69) is 0 Å². The SMILES string of the molecule is Cc1cc(C(=O)NCC(O)C(F)(F)F)sc1C. The van der Waals surface area contributed by atoms with Gasteiger partial charge in [0.1, 0.15) is 0 Å². The third kappa shape index (κ3) is 3.71. The zero-order chi connectivity index (χ0) is 13.2. The van der Waals surface area contributed by atoms with E-state index >= 15 is 0 Å². The van der Waals surface area contributed by atoms with Crippen LogP contribution in [0.15, 0.2) is 6.07 Å². The number of aliphatic hydroxyl groups is 1. The number of carbonyl (C=O) groups excluding carboxylic acids is 1. The molecule has 1 amide bonds. The topological polar surface area (TPSA) is 49.3 Å². The Balaban J connectivity index is 2.56. The molecule has 0 bridgehead atoms. The number of alkyl halides is 3. The van der Waals surface area contributed by atoms with Gasteiger partial charge in [-0.2, -0.15) is 13.2 Å². The Morgan fingerprint density at radius 2 is 2.12 bits per heavy atom. The maximum atomic E-state index is 12.0. The lowest BCUT2D eigenvalue weighted by atomic mass is 10.3. The molecule has 0 saturated heterocycles. The fraction of sp³-hybridized carbons (Fsp3) is 0.500. The van der Waals surface area contributed by atoms with Crippen LogP contribution in [0.2, 0.25) is 0 Å². The molecule has 1 atom stereocenters. The van der Waals surface area contributed by atoms with Crippen molar-refractivity contribution in [2.24, 2.45) is 0 Å². The van der Waals surface area contributed by atoms with Gasteiger partial charge in [0.05, 0.1) is 11.4 Å². The third-order valence-electron chi connectivity index (χ3n) is 2.22. The van der Waals surface area contributed by atoms with E-state index in [1.165, 1.54) is 11.3 Å². The second kappa shape index (κ2) is 5.05. The first-order valence-corrected chi connectivity index (χ1v) is 5.63. The number of carbonyl (C=O) groups is 1. The first-order chi connectivity index (χ1) is 7.71. The van der Waals surface area contributed by atoms with Crippen LogP contribution in [-0.2, 0) is 0 Å². The zero-order valence-electron chi connectivity index (χ0n) is 9.26. The van der Waals surface area contributed by atoms with Gasteiger partial charge in [-0.3, -0.25) is 4.79 Å².